The first-order valence-electron chi connectivity index (χ1n) is 5.06. The molecule has 0 heterocycles. The Labute approximate surface area is 103 Å². The number of hydrogen-bond acceptors (Lipinski definition) is 3. The number of rotatable bonds is 6. The fourth-order valence-corrected chi connectivity index (χ4v) is 1.98. The zero-order valence-electron chi connectivity index (χ0n) is 8.90. The molecule has 0 fully saturated rings. The Morgan fingerprint density at radius 1 is 1.38 bits per heavy atom. The lowest BCUT2D eigenvalue weighted by molar-refractivity contribution is -0.136. The third kappa shape index (κ3) is 3.83. The van der Waals surface area contributed by atoms with Gasteiger partial charge < -0.3 is 15.7 Å². The van der Waals surface area contributed by atoms with Gasteiger partial charge in [0.25, 0.3) is 0 Å². The molecule has 1 aromatic carbocycles. The van der Waals surface area contributed by atoms with Crippen LogP contribution in [0, 0.1) is 0 Å². The fourth-order valence-electron chi connectivity index (χ4n) is 1.45. The number of nitrogens with two attached hydrogens (primary N) is 1. The van der Waals surface area contributed by atoms with Crippen molar-refractivity contribution in [3.05, 3.63) is 28.7 Å². The monoisotopic (exact) mass is 286 g/mol. The van der Waals surface area contributed by atoms with Gasteiger partial charge >= 0.3 is 5.97 Å². The highest BCUT2D eigenvalue weighted by Gasteiger charge is 2.10. The summed E-state index contributed by atoms with van der Waals surface area (Å²) in [6, 6.07) is 7.72. The van der Waals surface area contributed by atoms with E-state index in [0.29, 0.717) is 19.6 Å². The van der Waals surface area contributed by atoms with E-state index in [1.54, 1.807) is 0 Å². The van der Waals surface area contributed by atoms with Gasteiger partial charge in [-0.15, -0.1) is 0 Å². The lowest BCUT2D eigenvalue weighted by atomic mass is 10.2. The Kier molecular flexibility index (Phi) is 5.28. The number of carboxylic acids is 1. The van der Waals surface area contributed by atoms with Gasteiger partial charge in [0, 0.05) is 24.1 Å². The van der Waals surface area contributed by atoms with Crippen LogP contribution in [-0.4, -0.2) is 30.7 Å². The van der Waals surface area contributed by atoms with Gasteiger partial charge in [0.15, 0.2) is 0 Å². The molecule has 0 aliphatic carbocycles. The SMILES string of the molecule is NCCN(CCC(=O)O)c1ccccc1Br. The van der Waals surface area contributed by atoms with Gasteiger partial charge in [0.2, 0.25) is 0 Å². The van der Waals surface area contributed by atoms with Crippen molar-refractivity contribution in [3.8, 4) is 0 Å². The molecule has 0 spiro atoms. The van der Waals surface area contributed by atoms with Gasteiger partial charge in [-0.3, -0.25) is 4.79 Å². The van der Waals surface area contributed by atoms with Gasteiger partial charge in [0.1, 0.15) is 0 Å². The van der Waals surface area contributed by atoms with E-state index >= 15 is 0 Å². The molecule has 0 saturated heterocycles. The van der Waals surface area contributed by atoms with Crippen LogP contribution in [0.3, 0.4) is 0 Å². The molecule has 0 bridgehead atoms. The van der Waals surface area contributed by atoms with E-state index < -0.39 is 5.97 Å². The first-order valence-corrected chi connectivity index (χ1v) is 5.85. The summed E-state index contributed by atoms with van der Waals surface area (Å²) in [5, 5.41) is 8.68. The van der Waals surface area contributed by atoms with Crippen LogP contribution in [0.2, 0.25) is 0 Å². The summed E-state index contributed by atoms with van der Waals surface area (Å²) >= 11 is 3.44. The first-order chi connectivity index (χ1) is 7.65. The molecule has 0 unspecified atom stereocenters. The van der Waals surface area contributed by atoms with Crippen LogP contribution in [0.1, 0.15) is 6.42 Å². The molecule has 4 nitrogen and oxygen atoms in total. The van der Waals surface area contributed by atoms with E-state index in [-0.39, 0.29) is 6.42 Å². The number of halogens is 1. The Morgan fingerprint density at radius 2 is 2.06 bits per heavy atom. The van der Waals surface area contributed by atoms with Gasteiger partial charge in [-0.25, -0.2) is 0 Å². The van der Waals surface area contributed by atoms with E-state index in [2.05, 4.69) is 15.9 Å². The van der Waals surface area contributed by atoms with Crippen molar-refractivity contribution in [2.75, 3.05) is 24.5 Å². The number of nitrogens with zero attached hydrogens (tertiary/aromatic N) is 1. The van der Waals surface area contributed by atoms with Crippen molar-refractivity contribution in [3.63, 3.8) is 0 Å². The Balaban J connectivity index is 2.76. The summed E-state index contributed by atoms with van der Waals surface area (Å²) in [4.78, 5) is 12.5. The molecule has 0 atom stereocenters. The maximum atomic E-state index is 10.6. The second-order valence-corrected chi connectivity index (χ2v) is 4.23. The average molecular weight is 287 g/mol. The molecule has 1 rings (SSSR count). The number of aliphatic carboxylic acids is 1. The van der Waals surface area contributed by atoms with E-state index in [0.717, 1.165) is 10.2 Å². The Morgan fingerprint density at radius 3 is 2.62 bits per heavy atom. The Bertz CT molecular complexity index is 358. The highest BCUT2D eigenvalue weighted by Crippen LogP contribution is 2.25. The summed E-state index contributed by atoms with van der Waals surface area (Å²) in [5.41, 5.74) is 6.50. The predicted molar refractivity (Wildman–Crippen MR) is 67.7 cm³/mol. The second kappa shape index (κ2) is 6.50. The van der Waals surface area contributed by atoms with E-state index in [1.165, 1.54) is 0 Å². The lowest BCUT2D eigenvalue weighted by Gasteiger charge is -2.24. The number of carboxylic acid groups (broad SMARTS) is 1. The lowest BCUT2D eigenvalue weighted by Crippen LogP contribution is -2.31. The molecule has 3 N–H and O–H groups in total. The summed E-state index contributed by atoms with van der Waals surface area (Å²) in [6.45, 7) is 1.62. The van der Waals surface area contributed by atoms with Crippen LogP contribution in [0.15, 0.2) is 28.7 Å². The van der Waals surface area contributed by atoms with E-state index in [4.69, 9.17) is 10.8 Å². The highest BCUT2D eigenvalue weighted by molar-refractivity contribution is 9.10. The summed E-state index contributed by atoms with van der Waals surface area (Å²) in [7, 11) is 0. The zero-order chi connectivity index (χ0) is 12.0. The second-order valence-electron chi connectivity index (χ2n) is 3.37. The van der Waals surface area contributed by atoms with Crippen molar-refractivity contribution >= 4 is 27.6 Å². The molecule has 1 aromatic rings. The molecule has 0 radical (unpaired) electrons. The average Bonchev–Trinajstić information content (AvgIpc) is 2.25. The normalized spacial score (nSPS) is 10.1. The molecule has 0 amide bonds. The van der Waals surface area contributed by atoms with Crippen LogP contribution in [-0.2, 0) is 4.79 Å². The van der Waals surface area contributed by atoms with Gasteiger partial charge in [-0.1, -0.05) is 12.1 Å². The van der Waals surface area contributed by atoms with Crippen LogP contribution >= 0.6 is 15.9 Å². The Hall–Kier alpha value is -1.07. The maximum absolute atomic E-state index is 10.6. The molecule has 0 saturated carbocycles. The number of hydrogen-bond donors (Lipinski definition) is 2. The number of anilines is 1. The van der Waals surface area contributed by atoms with Crippen molar-refractivity contribution in [1.82, 2.24) is 0 Å². The zero-order valence-corrected chi connectivity index (χ0v) is 10.5. The molecular weight excluding hydrogens is 272 g/mol. The third-order valence-corrected chi connectivity index (χ3v) is 2.86. The largest absolute Gasteiger partial charge is 0.481 e. The molecule has 0 aromatic heterocycles. The minimum absolute atomic E-state index is 0.112. The van der Waals surface area contributed by atoms with E-state index in [9.17, 15) is 4.79 Å². The fraction of sp³-hybridized carbons (Fsp3) is 0.364. The van der Waals surface area contributed by atoms with Crippen molar-refractivity contribution < 1.29 is 9.90 Å². The third-order valence-electron chi connectivity index (χ3n) is 2.19. The number of para-hydroxylation sites is 1. The minimum atomic E-state index is -0.797. The van der Waals surface area contributed by atoms with Crippen LogP contribution in [0.4, 0.5) is 5.69 Å². The summed E-state index contributed by atoms with van der Waals surface area (Å²) in [6.07, 6.45) is 0.112. The molecule has 0 aliphatic heterocycles. The molecule has 5 heteroatoms. The quantitative estimate of drug-likeness (QED) is 0.835. The van der Waals surface area contributed by atoms with Gasteiger partial charge in [-0.05, 0) is 28.1 Å². The number of benzene rings is 1. The molecular formula is C11H15BrN2O2. The predicted octanol–water partition coefficient (Wildman–Crippen LogP) is 1.69. The summed E-state index contributed by atoms with van der Waals surface area (Å²) in [5.74, 6) is -0.797. The van der Waals surface area contributed by atoms with Crippen molar-refractivity contribution in [2.45, 2.75) is 6.42 Å². The minimum Gasteiger partial charge on any atom is -0.481 e. The number of carbonyl (C=O) groups is 1. The van der Waals surface area contributed by atoms with E-state index in [1.807, 2.05) is 29.2 Å². The topological polar surface area (TPSA) is 66.6 Å². The van der Waals surface area contributed by atoms with Gasteiger partial charge in [-0.2, -0.15) is 0 Å². The van der Waals surface area contributed by atoms with Crippen molar-refractivity contribution in [2.24, 2.45) is 5.73 Å². The summed E-state index contributed by atoms with van der Waals surface area (Å²) < 4.78 is 0.953. The molecule has 16 heavy (non-hydrogen) atoms. The standard InChI is InChI=1S/C11H15BrN2O2/c12-9-3-1-2-4-10(9)14(8-6-13)7-5-11(15)16/h1-4H,5-8,13H2,(H,15,16). The van der Waals surface area contributed by atoms with Crippen LogP contribution < -0.4 is 10.6 Å². The maximum Gasteiger partial charge on any atom is 0.305 e. The van der Waals surface area contributed by atoms with Gasteiger partial charge in [0.05, 0.1) is 12.1 Å². The van der Waals surface area contributed by atoms with Crippen LogP contribution in [0.5, 0.6) is 0 Å². The smallest absolute Gasteiger partial charge is 0.305 e. The highest BCUT2D eigenvalue weighted by atomic mass is 79.9. The van der Waals surface area contributed by atoms with Crippen LogP contribution in [0.25, 0.3) is 0 Å². The van der Waals surface area contributed by atoms with Crippen molar-refractivity contribution in [1.29, 1.82) is 0 Å². The molecule has 0 aliphatic rings. The first kappa shape index (κ1) is 13.0. The molecule has 88 valence electrons.